The molecular weight excluding hydrogens is 288 g/mol. The normalized spacial score (nSPS) is 17.4. The van der Waals surface area contributed by atoms with Gasteiger partial charge in [-0.05, 0) is 61.1 Å². The van der Waals surface area contributed by atoms with E-state index in [4.69, 9.17) is 9.47 Å². The number of hydrogen-bond acceptors (Lipinski definition) is 3. The molecule has 1 atom stereocenters. The van der Waals surface area contributed by atoms with E-state index in [-0.39, 0.29) is 12.6 Å². The van der Waals surface area contributed by atoms with Crippen LogP contribution in [0.25, 0.3) is 0 Å². The van der Waals surface area contributed by atoms with E-state index in [0.717, 1.165) is 11.7 Å². The second-order valence-corrected chi connectivity index (χ2v) is 7.16. The summed E-state index contributed by atoms with van der Waals surface area (Å²) in [4.78, 5) is 11.3. The molecule has 128 valence electrons. The Morgan fingerprint density at radius 2 is 1.83 bits per heavy atom. The highest BCUT2D eigenvalue weighted by Gasteiger charge is 2.43. The zero-order chi connectivity index (χ0) is 16.9. The van der Waals surface area contributed by atoms with Gasteiger partial charge in [0.25, 0.3) is 0 Å². The zero-order valence-corrected chi connectivity index (χ0v) is 14.9. The molecule has 0 saturated heterocycles. The first-order valence-corrected chi connectivity index (χ1v) is 8.87. The number of rotatable bonds is 8. The lowest BCUT2D eigenvalue weighted by Crippen LogP contribution is -2.41. The van der Waals surface area contributed by atoms with Crippen LogP contribution in [-0.2, 0) is 14.9 Å². The van der Waals surface area contributed by atoms with Gasteiger partial charge in [-0.1, -0.05) is 39.3 Å². The van der Waals surface area contributed by atoms with Gasteiger partial charge in [0.1, 0.15) is 5.75 Å². The van der Waals surface area contributed by atoms with Crippen molar-refractivity contribution >= 4 is 5.97 Å². The third kappa shape index (κ3) is 4.27. The largest absolute Gasteiger partial charge is 0.482 e. The Kier molecular flexibility index (Phi) is 6.09. The van der Waals surface area contributed by atoms with Crippen molar-refractivity contribution < 1.29 is 14.3 Å². The minimum Gasteiger partial charge on any atom is -0.482 e. The number of ether oxygens (including phenoxy) is 2. The summed E-state index contributed by atoms with van der Waals surface area (Å²) in [6, 6.07) is 8.32. The molecule has 1 unspecified atom stereocenters. The van der Waals surface area contributed by atoms with Crippen LogP contribution >= 0.6 is 0 Å². The standard InChI is InChI=1S/C20H30O3/c1-5-22-19(21)14-23-18-9-7-17(8-10-18)20(11-6-12-20)16(4)13-15(2)3/h7-10,15-16H,5-6,11-14H2,1-4H3. The zero-order valence-electron chi connectivity index (χ0n) is 14.9. The quantitative estimate of drug-likeness (QED) is 0.650. The van der Waals surface area contributed by atoms with E-state index in [2.05, 4.69) is 32.9 Å². The van der Waals surface area contributed by atoms with Crippen LogP contribution in [0.3, 0.4) is 0 Å². The highest BCUT2D eigenvalue weighted by molar-refractivity contribution is 5.71. The van der Waals surface area contributed by atoms with Crippen LogP contribution in [-0.4, -0.2) is 19.2 Å². The number of carbonyl (C=O) groups excluding carboxylic acids is 1. The molecule has 0 amide bonds. The Morgan fingerprint density at radius 3 is 2.30 bits per heavy atom. The van der Waals surface area contributed by atoms with E-state index in [1.165, 1.54) is 31.2 Å². The fraction of sp³-hybridized carbons (Fsp3) is 0.650. The Hall–Kier alpha value is -1.51. The first kappa shape index (κ1) is 17.8. The maximum atomic E-state index is 11.3. The number of carbonyl (C=O) groups is 1. The fourth-order valence-electron chi connectivity index (χ4n) is 3.78. The van der Waals surface area contributed by atoms with Gasteiger partial charge in [0.2, 0.25) is 0 Å². The second kappa shape index (κ2) is 7.85. The monoisotopic (exact) mass is 318 g/mol. The number of benzene rings is 1. The number of hydrogen-bond donors (Lipinski definition) is 0. The molecule has 0 bridgehead atoms. The van der Waals surface area contributed by atoms with Crippen LogP contribution < -0.4 is 4.74 Å². The molecule has 2 rings (SSSR count). The summed E-state index contributed by atoms with van der Waals surface area (Å²) in [7, 11) is 0. The summed E-state index contributed by atoms with van der Waals surface area (Å²) in [5.74, 6) is 1.84. The van der Waals surface area contributed by atoms with Crippen molar-refractivity contribution in [3.63, 3.8) is 0 Å². The molecule has 1 fully saturated rings. The first-order chi connectivity index (χ1) is 11.0. The molecule has 1 aromatic carbocycles. The predicted octanol–water partition coefficient (Wildman–Crippen LogP) is 4.73. The van der Waals surface area contributed by atoms with Gasteiger partial charge in [-0.25, -0.2) is 4.79 Å². The van der Waals surface area contributed by atoms with Crippen LogP contribution in [0.15, 0.2) is 24.3 Å². The minimum atomic E-state index is -0.322. The summed E-state index contributed by atoms with van der Waals surface area (Å²) < 4.78 is 10.4. The van der Waals surface area contributed by atoms with Gasteiger partial charge in [-0.15, -0.1) is 0 Å². The lowest BCUT2D eigenvalue weighted by molar-refractivity contribution is -0.145. The van der Waals surface area contributed by atoms with Crippen molar-refractivity contribution in [3.8, 4) is 5.75 Å². The molecule has 0 radical (unpaired) electrons. The summed E-state index contributed by atoms with van der Waals surface area (Å²) in [6.07, 6.45) is 5.15. The van der Waals surface area contributed by atoms with Gasteiger partial charge >= 0.3 is 5.97 Å². The first-order valence-electron chi connectivity index (χ1n) is 8.87. The molecule has 23 heavy (non-hydrogen) atoms. The fourth-order valence-corrected chi connectivity index (χ4v) is 3.78. The molecule has 1 aliphatic rings. The molecule has 0 aromatic heterocycles. The lowest BCUT2D eigenvalue weighted by Gasteiger charge is -2.48. The van der Waals surface area contributed by atoms with Crippen molar-refractivity contribution in [2.45, 2.75) is 58.8 Å². The molecule has 0 N–H and O–H groups in total. The highest BCUT2D eigenvalue weighted by Crippen LogP contribution is 2.51. The third-order valence-corrected chi connectivity index (χ3v) is 5.11. The van der Waals surface area contributed by atoms with Gasteiger partial charge in [0.05, 0.1) is 6.61 Å². The second-order valence-electron chi connectivity index (χ2n) is 7.16. The molecule has 0 aliphatic heterocycles. The van der Waals surface area contributed by atoms with Crippen molar-refractivity contribution in [2.24, 2.45) is 11.8 Å². The van der Waals surface area contributed by atoms with E-state index in [0.29, 0.717) is 17.9 Å². The van der Waals surface area contributed by atoms with Crippen LogP contribution in [0.1, 0.15) is 58.9 Å². The lowest BCUT2D eigenvalue weighted by atomic mass is 9.56. The summed E-state index contributed by atoms with van der Waals surface area (Å²) >= 11 is 0. The molecule has 3 nitrogen and oxygen atoms in total. The summed E-state index contributed by atoms with van der Waals surface area (Å²) in [5, 5.41) is 0. The molecule has 1 saturated carbocycles. The average molecular weight is 318 g/mol. The maximum absolute atomic E-state index is 11.3. The van der Waals surface area contributed by atoms with E-state index in [1.54, 1.807) is 6.92 Å². The Morgan fingerprint density at radius 1 is 1.17 bits per heavy atom. The Labute approximate surface area is 140 Å². The molecule has 3 heteroatoms. The van der Waals surface area contributed by atoms with Gasteiger partial charge < -0.3 is 9.47 Å². The predicted molar refractivity (Wildman–Crippen MR) is 92.7 cm³/mol. The van der Waals surface area contributed by atoms with E-state index in [1.807, 2.05) is 12.1 Å². The van der Waals surface area contributed by atoms with Gasteiger partial charge in [0, 0.05) is 0 Å². The van der Waals surface area contributed by atoms with E-state index < -0.39 is 0 Å². The topological polar surface area (TPSA) is 35.5 Å². The van der Waals surface area contributed by atoms with Crippen LogP contribution in [0.5, 0.6) is 5.75 Å². The molecular formula is C20H30O3. The highest BCUT2D eigenvalue weighted by atomic mass is 16.6. The SMILES string of the molecule is CCOC(=O)COc1ccc(C2(C(C)CC(C)C)CCC2)cc1. The van der Waals surface area contributed by atoms with Crippen LogP contribution in [0.4, 0.5) is 0 Å². The van der Waals surface area contributed by atoms with E-state index >= 15 is 0 Å². The summed E-state index contributed by atoms with van der Waals surface area (Å²) in [6.45, 7) is 9.15. The van der Waals surface area contributed by atoms with Crippen molar-refractivity contribution in [1.29, 1.82) is 0 Å². The summed E-state index contributed by atoms with van der Waals surface area (Å²) in [5.41, 5.74) is 1.75. The van der Waals surface area contributed by atoms with Gasteiger partial charge in [-0.3, -0.25) is 0 Å². The smallest absolute Gasteiger partial charge is 0.344 e. The molecule has 1 aromatic rings. The van der Waals surface area contributed by atoms with Crippen molar-refractivity contribution in [3.05, 3.63) is 29.8 Å². The molecule has 0 spiro atoms. The van der Waals surface area contributed by atoms with Crippen molar-refractivity contribution in [2.75, 3.05) is 13.2 Å². The van der Waals surface area contributed by atoms with Gasteiger partial charge in [0.15, 0.2) is 6.61 Å². The Bertz CT molecular complexity index is 500. The Balaban J connectivity index is 2.01. The number of esters is 1. The van der Waals surface area contributed by atoms with Crippen molar-refractivity contribution in [1.82, 2.24) is 0 Å². The third-order valence-electron chi connectivity index (χ3n) is 5.11. The molecule has 1 aliphatic carbocycles. The average Bonchev–Trinajstić information content (AvgIpc) is 2.45. The maximum Gasteiger partial charge on any atom is 0.344 e. The van der Waals surface area contributed by atoms with E-state index in [9.17, 15) is 4.79 Å². The minimum absolute atomic E-state index is 0.0257. The van der Waals surface area contributed by atoms with Crippen LogP contribution in [0.2, 0.25) is 0 Å². The van der Waals surface area contributed by atoms with Crippen LogP contribution in [0, 0.1) is 11.8 Å². The molecule has 0 heterocycles. The van der Waals surface area contributed by atoms with Gasteiger partial charge in [-0.2, -0.15) is 0 Å².